The number of amides is 2. The van der Waals surface area contributed by atoms with Crippen molar-refractivity contribution in [1.82, 2.24) is 15.6 Å². The maximum atomic E-state index is 13.4. The van der Waals surface area contributed by atoms with E-state index in [9.17, 15) is 19.5 Å². The maximum absolute atomic E-state index is 13.4. The van der Waals surface area contributed by atoms with Crippen LogP contribution in [0.3, 0.4) is 0 Å². The van der Waals surface area contributed by atoms with Crippen LogP contribution in [0.4, 0.5) is 0 Å². The second-order valence-electron chi connectivity index (χ2n) is 10.4. The summed E-state index contributed by atoms with van der Waals surface area (Å²) in [4.78, 5) is 39.5. The lowest BCUT2D eigenvalue weighted by atomic mass is 10.0. The minimum atomic E-state index is -0.900. The molecule has 0 saturated heterocycles. The Morgan fingerprint density at radius 1 is 0.953 bits per heavy atom. The van der Waals surface area contributed by atoms with Crippen LogP contribution in [0.1, 0.15) is 64.1 Å². The Morgan fingerprint density at radius 3 is 2.40 bits per heavy atom. The lowest BCUT2D eigenvalue weighted by molar-refractivity contribution is -0.137. The smallest absolute Gasteiger partial charge is 0.303 e. The van der Waals surface area contributed by atoms with Crippen LogP contribution in [0, 0.1) is 11.8 Å². The van der Waals surface area contributed by atoms with Gasteiger partial charge in [-0.1, -0.05) is 30.0 Å². The van der Waals surface area contributed by atoms with E-state index in [0.29, 0.717) is 40.8 Å². The zero-order chi connectivity index (χ0) is 30.8. The van der Waals surface area contributed by atoms with Gasteiger partial charge in [0.25, 0.3) is 11.8 Å². The largest absolute Gasteiger partial charge is 0.490 e. The predicted molar refractivity (Wildman–Crippen MR) is 164 cm³/mol. The molecule has 3 aromatic carbocycles. The van der Waals surface area contributed by atoms with Crippen molar-refractivity contribution in [2.75, 3.05) is 13.2 Å². The maximum Gasteiger partial charge on any atom is 0.303 e. The molecule has 0 aliphatic heterocycles. The van der Waals surface area contributed by atoms with Crippen molar-refractivity contribution in [2.45, 2.75) is 45.3 Å². The third-order valence-electron chi connectivity index (χ3n) is 6.63. The van der Waals surface area contributed by atoms with Crippen molar-refractivity contribution in [2.24, 2.45) is 0 Å². The molecule has 5 N–H and O–H groups in total. The normalized spacial score (nSPS) is 11.4. The minimum Gasteiger partial charge on any atom is -0.490 e. The summed E-state index contributed by atoms with van der Waals surface area (Å²) in [5.74, 6) is 4.97. The molecule has 0 bridgehead atoms. The van der Waals surface area contributed by atoms with Crippen LogP contribution in [0.2, 0.25) is 0 Å². The number of carbonyl (C=O) groups is 3. The first kappa shape index (κ1) is 30.9. The molecular formula is C34H35N3O6. The molecule has 0 radical (unpaired) electrons. The molecule has 1 heterocycles. The lowest BCUT2D eigenvalue weighted by Gasteiger charge is -2.19. The molecule has 9 nitrogen and oxygen atoms in total. The molecule has 4 aromatic rings. The van der Waals surface area contributed by atoms with E-state index in [0.717, 1.165) is 16.5 Å². The molecule has 0 aliphatic rings. The number of fused-ring (bicyclic) bond motifs is 1. The van der Waals surface area contributed by atoms with Crippen LogP contribution >= 0.6 is 0 Å². The number of nitrogens with one attached hydrogen (secondary N) is 3. The van der Waals surface area contributed by atoms with Gasteiger partial charge in [0, 0.05) is 46.8 Å². The Morgan fingerprint density at radius 2 is 1.67 bits per heavy atom. The van der Waals surface area contributed by atoms with E-state index >= 15 is 0 Å². The Balaban J connectivity index is 1.47. The average Bonchev–Trinajstić information content (AvgIpc) is 3.40. The van der Waals surface area contributed by atoms with E-state index in [1.807, 2.05) is 44.3 Å². The highest BCUT2D eigenvalue weighted by molar-refractivity contribution is 5.97. The van der Waals surface area contributed by atoms with Crippen LogP contribution in [-0.4, -0.2) is 58.3 Å². The van der Waals surface area contributed by atoms with Crippen molar-refractivity contribution < 1.29 is 29.3 Å². The Bertz CT molecular complexity index is 1650. The monoisotopic (exact) mass is 581 g/mol. The van der Waals surface area contributed by atoms with Crippen LogP contribution in [0.25, 0.3) is 10.9 Å². The van der Waals surface area contributed by atoms with E-state index in [4.69, 9.17) is 9.84 Å². The SMILES string of the molecule is CC(C)Oc1ccc(C#Cc2ccc(C(=O)NCCCC(=O)O)cc2)cc1C(=O)N[C@@H](CO)Cc1c[nH]c2ccccc12. The first-order chi connectivity index (χ1) is 20.7. The molecule has 9 heteroatoms. The topological polar surface area (TPSA) is 141 Å². The highest BCUT2D eigenvalue weighted by atomic mass is 16.5. The number of aliphatic hydroxyl groups excluding tert-OH is 1. The van der Waals surface area contributed by atoms with Crippen molar-refractivity contribution in [3.8, 4) is 17.6 Å². The molecule has 1 aromatic heterocycles. The number of aliphatic hydroxyl groups is 1. The number of carboxylic acid groups (broad SMARTS) is 1. The molecule has 2 amide bonds. The molecule has 0 unspecified atom stereocenters. The van der Waals surface area contributed by atoms with Gasteiger partial charge >= 0.3 is 5.97 Å². The highest BCUT2D eigenvalue weighted by Crippen LogP contribution is 2.23. The fourth-order valence-corrected chi connectivity index (χ4v) is 4.53. The molecule has 0 fully saturated rings. The fourth-order valence-electron chi connectivity index (χ4n) is 4.53. The highest BCUT2D eigenvalue weighted by Gasteiger charge is 2.20. The summed E-state index contributed by atoms with van der Waals surface area (Å²) in [6, 6.07) is 19.3. The number of hydrogen-bond acceptors (Lipinski definition) is 5. The fraction of sp³-hybridized carbons (Fsp3) is 0.265. The van der Waals surface area contributed by atoms with Crippen molar-refractivity contribution in [3.05, 3.63) is 101 Å². The number of benzene rings is 3. The number of aromatic nitrogens is 1. The first-order valence-electron chi connectivity index (χ1n) is 14.1. The number of carbonyl (C=O) groups excluding carboxylic acids is 2. The van der Waals surface area contributed by atoms with E-state index in [1.54, 1.807) is 42.5 Å². The van der Waals surface area contributed by atoms with Gasteiger partial charge in [-0.05, 0) is 80.8 Å². The zero-order valence-corrected chi connectivity index (χ0v) is 24.1. The van der Waals surface area contributed by atoms with Gasteiger partial charge in [0.05, 0.1) is 24.3 Å². The summed E-state index contributed by atoms with van der Waals surface area (Å²) in [5, 5.41) is 25.5. The summed E-state index contributed by atoms with van der Waals surface area (Å²) in [6.45, 7) is 3.80. The van der Waals surface area contributed by atoms with Crippen molar-refractivity contribution in [1.29, 1.82) is 0 Å². The number of rotatable bonds is 12. The third kappa shape index (κ3) is 8.71. The summed E-state index contributed by atoms with van der Waals surface area (Å²) in [7, 11) is 0. The van der Waals surface area contributed by atoms with E-state index in [1.165, 1.54) is 0 Å². The van der Waals surface area contributed by atoms with Crippen molar-refractivity contribution >= 4 is 28.7 Å². The van der Waals surface area contributed by atoms with Gasteiger partial charge in [-0.15, -0.1) is 0 Å². The van der Waals surface area contributed by atoms with Gasteiger partial charge in [-0.25, -0.2) is 0 Å². The van der Waals surface area contributed by atoms with Crippen LogP contribution in [-0.2, 0) is 11.2 Å². The number of para-hydroxylation sites is 1. The number of aromatic amines is 1. The quantitative estimate of drug-likeness (QED) is 0.125. The number of H-pyrrole nitrogens is 1. The molecule has 1 atom stereocenters. The molecule has 4 rings (SSSR count). The second kappa shape index (κ2) is 14.7. The first-order valence-corrected chi connectivity index (χ1v) is 14.1. The van der Waals surface area contributed by atoms with E-state index in [2.05, 4.69) is 27.5 Å². The molecule has 43 heavy (non-hydrogen) atoms. The standard InChI is InChI=1S/C34H35N3O6/c1-22(2)43-31-16-13-24(10-9-23-11-14-25(15-12-23)33(41)35-17-5-8-32(39)40)18-29(31)34(42)37-27(21-38)19-26-20-36-30-7-4-3-6-28(26)30/h3-4,6-7,11-16,18,20,22,27,36,38H,5,8,17,19,21H2,1-2H3,(H,35,41)(H,37,42)(H,39,40)/t27-/m1/s1. The number of carboxylic acids is 1. The summed E-state index contributed by atoms with van der Waals surface area (Å²) in [6.07, 6.45) is 2.54. The Labute approximate surface area is 250 Å². The van der Waals surface area contributed by atoms with Gasteiger partial charge < -0.3 is 30.6 Å². The van der Waals surface area contributed by atoms with E-state index < -0.39 is 12.0 Å². The molecule has 0 spiro atoms. The summed E-state index contributed by atoms with van der Waals surface area (Å²) in [5.41, 5.74) is 4.02. The van der Waals surface area contributed by atoms with Crippen LogP contribution in [0.15, 0.2) is 72.9 Å². The van der Waals surface area contributed by atoms with Gasteiger partial charge in [0.2, 0.25) is 0 Å². The van der Waals surface area contributed by atoms with Crippen LogP contribution < -0.4 is 15.4 Å². The van der Waals surface area contributed by atoms with Crippen molar-refractivity contribution in [3.63, 3.8) is 0 Å². The molecular weight excluding hydrogens is 546 g/mol. The van der Waals surface area contributed by atoms with Gasteiger partial charge in [-0.2, -0.15) is 0 Å². The molecule has 0 saturated carbocycles. The zero-order valence-electron chi connectivity index (χ0n) is 24.1. The number of aliphatic carboxylic acids is 1. The second-order valence-corrected chi connectivity index (χ2v) is 10.4. The predicted octanol–water partition coefficient (Wildman–Crippen LogP) is 4.28. The lowest BCUT2D eigenvalue weighted by Crippen LogP contribution is -2.39. The van der Waals surface area contributed by atoms with E-state index in [-0.39, 0.29) is 37.5 Å². The minimum absolute atomic E-state index is 0.00418. The van der Waals surface area contributed by atoms with Crippen LogP contribution in [0.5, 0.6) is 5.75 Å². The third-order valence-corrected chi connectivity index (χ3v) is 6.63. The summed E-state index contributed by atoms with van der Waals surface area (Å²) < 4.78 is 5.90. The number of hydrogen-bond donors (Lipinski definition) is 5. The average molecular weight is 582 g/mol. The Hall–Kier alpha value is -5.07. The van der Waals surface area contributed by atoms with Gasteiger partial charge in [-0.3, -0.25) is 14.4 Å². The van der Waals surface area contributed by atoms with Gasteiger partial charge in [0.1, 0.15) is 5.75 Å². The Kier molecular flexibility index (Phi) is 10.6. The molecule has 0 aliphatic carbocycles. The molecule has 222 valence electrons. The number of ether oxygens (including phenoxy) is 1. The van der Waals surface area contributed by atoms with Gasteiger partial charge in [0.15, 0.2) is 0 Å². The summed E-state index contributed by atoms with van der Waals surface area (Å²) >= 11 is 0.